The Bertz CT molecular complexity index is 1100. The molecule has 36 heavy (non-hydrogen) atoms. The number of aromatic nitrogens is 2. The molecule has 2 atom stereocenters. The maximum atomic E-state index is 15.3. The number of carbonyl (C=O) groups is 2. The molecule has 7 nitrogen and oxygen atoms in total. The van der Waals surface area contributed by atoms with Gasteiger partial charge in [-0.1, -0.05) is 20.8 Å². The van der Waals surface area contributed by atoms with Gasteiger partial charge in [0.15, 0.2) is 20.0 Å². The van der Waals surface area contributed by atoms with Gasteiger partial charge in [0.2, 0.25) is 0 Å². The molecule has 1 aliphatic carbocycles. The van der Waals surface area contributed by atoms with Crippen LogP contribution in [0.1, 0.15) is 58.5 Å². The van der Waals surface area contributed by atoms with Crippen LogP contribution in [0.5, 0.6) is 0 Å². The number of benzene rings is 1. The molecule has 1 aromatic heterocycles. The molecule has 10 heteroatoms. The zero-order valence-corrected chi connectivity index (χ0v) is 23.8. The van der Waals surface area contributed by atoms with Crippen LogP contribution in [-0.2, 0) is 33.2 Å². The lowest BCUT2D eigenvalue weighted by Crippen LogP contribution is -2.48. The lowest BCUT2D eigenvalue weighted by molar-refractivity contribution is -0.110. The van der Waals surface area contributed by atoms with Crippen molar-refractivity contribution in [3.8, 4) is 0 Å². The molecular formula is C26H39F2N3O4Si. The zero-order chi connectivity index (χ0) is 27.2. The Morgan fingerprint density at radius 1 is 1.17 bits per heavy atom. The monoisotopic (exact) mass is 523 g/mol. The third-order valence-electron chi connectivity index (χ3n) is 7.30. The van der Waals surface area contributed by atoms with E-state index in [1.807, 2.05) is 0 Å². The second-order valence-electron chi connectivity index (χ2n) is 12.3. The van der Waals surface area contributed by atoms with Gasteiger partial charge in [0.1, 0.15) is 28.7 Å². The van der Waals surface area contributed by atoms with Crippen molar-refractivity contribution >= 4 is 31.7 Å². The Morgan fingerprint density at radius 2 is 1.75 bits per heavy atom. The van der Waals surface area contributed by atoms with E-state index in [0.29, 0.717) is 5.82 Å². The SMILES string of the molecule is CN(C(=O)OC(C)(C)C)C(CO[Si](C)(C)C(C)(C)C)Cc1nc2c(F)c3c(c(F)c2[nH]1)CC(C=O)C3. The summed E-state index contributed by atoms with van der Waals surface area (Å²) in [5, 5.41) is -0.0341. The minimum Gasteiger partial charge on any atom is -0.444 e. The molecule has 1 N–H and O–H groups in total. The first-order valence-corrected chi connectivity index (χ1v) is 15.3. The summed E-state index contributed by atoms with van der Waals surface area (Å²) in [6.45, 7) is 16.2. The standard InChI is InChI=1S/C26H39F2N3O4Si/c1-25(2,3)35-24(33)31(7)16(14-34-36(8,9)26(4,5)6)12-19-29-22-20(27)17-10-15(13-32)11-18(17)21(28)23(22)30-19/h13,15-16H,10-12,14H2,1-9H3,(H,29,30). The van der Waals surface area contributed by atoms with Crippen molar-refractivity contribution in [3.63, 3.8) is 0 Å². The smallest absolute Gasteiger partial charge is 0.410 e. The zero-order valence-electron chi connectivity index (χ0n) is 22.8. The lowest BCUT2D eigenvalue weighted by atomic mass is 10.1. The van der Waals surface area contributed by atoms with Gasteiger partial charge in [0.05, 0.1) is 12.6 Å². The van der Waals surface area contributed by atoms with Gasteiger partial charge in [-0.2, -0.15) is 0 Å². The topological polar surface area (TPSA) is 84.5 Å². The third-order valence-corrected chi connectivity index (χ3v) is 11.8. The molecule has 0 fully saturated rings. The Kier molecular flexibility index (Phi) is 7.73. The molecule has 200 valence electrons. The van der Waals surface area contributed by atoms with Crippen LogP contribution < -0.4 is 0 Å². The molecule has 0 aliphatic heterocycles. The van der Waals surface area contributed by atoms with E-state index in [-0.39, 0.29) is 53.1 Å². The van der Waals surface area contributed by atoms with Crippen LogP contribution in [-0.4, -0.2) is 60.9 Å². The minimum atomic E-state index is -2.14. The number of rotatable bonds is 7. The molecule has 1 aromatic carbocycles. The average Bonchev–Trinajstić information content (AvgIpc) is 3.37. The number of amides is 1. The number of halogens is 2. The van der Waals surface area contributed by atoms with Crippen LogP contribution in [0.25, 0.3) is 11.0 Å². The second kappa shape index (κ2) is 9.85. The van der Waals surface area contributed by atoms with Crippen LogP contribution in [0.3, 0.4) is 0 Å². The first kappa shape index (κ1) is 28.2. The molecule has 2 aromatic rings. The minimum absolute atomic E-state index is 0.0169. The van der Waals surface area contributed by atoms with Crippen molar-refractivity contribution in [2.45, 2.75) is 90.6 Å². The largest absolute Gasteiger partial charge is 0.444 e. The highest BCUT2D eigenvalue weighted by molar-refractivity contribution is 6.74. The summed E-state index contributed by atoms with van der Waals surface area (Å²) >= 11 is 0. The summed E-state index contributed by atoms with van der Waals surface area (Å²) in [5.74, 6) is -1.24. The summed E-state index contributed by atoms with van der Waals surface area (Å²) in [7, 11) is -0.512. The van der Waals surface area contributed by atoms with E-state index in [2.05, 4.69) is 43.8 Å². The summed E-state index contributed by atoms with van der Waals surface area (Å²) in [4.78, 5) is 32.8. The van der Waals surface area contributed by atoms with Crippen LogP contribution in [0.4, 0.5) is 13.6 Å². The Balaban J connectivity index is 1.93. The number of hydrogen-bond donors (Lipinski definition) is 1. The van der Waals surface area contributed by atoms with Gasteiger partial charge in [-0.3, -0.25) is 0 Å². The number of aldehydes is 1. The molecule has 0 saturated carbocycles. The quantitative estimate of drug-likeness (QED) is 0.380. The highest BCUT2D eigenvalue weighted by atomic mass is 28.4. The summed E-state index contributed by atoms with van der Waals surface area (Å²) in [6.07, 6.45) is 0.768. The van der Waals surface area contributed by atoms with Crippen molar-refractivity contribution in [2.24, 2.45) is 5.92 Å². The number of hydrogen-bond acceptors (Lipinski definition) is 5. The van der Waals surface area contributed by atoms with E-state index in [1.165, 1.54) is 4.90 Å². The second-order valence-corrected chi connectivity index (χ2v) is 17.1. The molecule has 0 saturated heterocycles. The third kappa shape index (κ3) is 5.80. The fraction of sp³-hybridized carbons (Fsp3) is 0.654. The van der Waals surface area contributed by atoms with Crippen molar-refractivity contribution in [2.75, 3.05) is 13.7 Å². The normalized spacial score (nSPS) is 15.8. The number of nitrogens with zero attached hydrogens (tertiary/aromatic N) is 2. The Morgan fingerprint density at radius 3 is 2.28 bits per heavy atom. The van der Waals surface area contributed by atoms with Crippen LogP contribution in [0.15, 0.2) is 0 Å². The van der Waals surface area contributed by atoms with Crippen molar-refractivity contribution in [3.05, 3.63) is 28.6 Å². The molecule has 1 heterocycles. The van der Waals surface area contributed by atoms with Crippen molar-refractivity contribution in [1.82, 2.24) is 14.9 Å². The molecule has 1 amide bonds. The predicted octanol–water partition coefficient (Wildman–Crippen LogP) is 5.55. The number of nitrogens with one attached hydrogen (secondary N) is 1. The van der Waals surface area contributed by atoms with Crippen LogP contribution >= 0.6 is 0 Å². The number of carbonyl (C=O) groups excluding carboxylic acids is 2. The van der Waals surface area contributed by atoms with E-state index >= 15 is 8.78 Å². The van der Waals surface area contributed by atoms with Gasteiger partial charge in [-0.25, -0.2) is 18.6 Å². The summed E-state index contributed by atoms with van der Waals surface area (Å²) < 4.78 is 42.5. The highest BCUT2D eigenvalue weighted by Crippen LogP contribution is 2.37. The molecule has 1 aliphatic rings. The van der Waals surface area contributed by atoms with Gasteiger partial charge in [0.25, 0.3) is 0 Å². The number of ether oxygens (including phenoxy) is 1. The number of imidazole rings is 1. The van der Waals surface area contributed by atoms with E-state index in [9.17, 15) is 9.59 Å². The van der Waals surface area contributed by atoms with E-state index in [4.69, 9.17) is 9.16 Å². The predicted molar refractivity (Wildman–Crippen MR) is 138 cm³/mol. The molecule has 0 radical (unpaired) electrons. The number of fused-ring (bicyclic) bond motifs is 2. The summed E-state index contributed by atoms with van der Waals surface area (Å²) in [5.41, 5.74) is -0.328. The first-order chi connectivity index (χ1) is 16.4. The van der Waals surface area contributed by atoms with Crippen LogP contribution in [0, 0.1) is 17.6 Å². The number of aromatic amines is 1. The lowest BCUT2D eigenvalue weighted by Gasteiger charge is -2.38. The Labute approximate surface area is 213 Å². The van der Waals surface area contributed by atoms with Crippen LogP contribution in [0.2, 0.25) is 18.1 Å². The van der Waals surface area contributed by atoms with Gasteiger partial charge < -0.3 is 23.8 Å². The van der Waals surface area contributed by atoms with E-state index in [1.54, 1.807) is 27.8 Å². The number of H-pyrrole nitrogens is 1. The fourth-order valence-corrected chi connectivity index (χ4v) is 5.09. The summed E-state index contributed by atoms with van der Waals surface area (Å²) in [6, 6.07) is -0.480. The molecule has 2 unspecified atom stereocenters. The van der Waals surface area contributed by atoms with Gasteiger partial charge in [-0.05, 0) is 62.9 Å². The van der Waals surface area contributed by atoms with Gasteiger partial charge in [0, 0.05) is 19.4 Å². The van der Waals surface area contributed by atoms with E-state index in [0.717, 1.165) is 6.29 Å². The average molecular weight is 524 g/mol. The van der Waals surface area contributed by atoms with Crippen molar-refractivity contribution < 1.29 is 27.5 Å². The van der Waals surface area contributed by atoms with Crippen molar-refractivity contribution in [1.29, 1.82) is 0 Å². The molecule has 0 spiro atoms. The van der Waals surface area contributed by atoms with Gasteiger partial charge in [-0.15, -0.1) is 0 Å². The van der Waals surface area contributed by atoms with Gasteiger partial charge >= 0.3 is 6.09 Å². The first-order valence-electron chi connectivity index (χ1n) is 12.4. The fourth-order valence-electron chi connectivity index (χ4n) is 4.05. The Hall–Kier alpha value is -2.33. The molecular weight excluding hydrogens is 484 g/mol. The molecule has 3 rings (SSSR count). The highest BCUT2D eigenvalue weighted by Gasteiger charge is 2.39. The molecule has 0 bridgehead atoms. The maximum absolute atomic E-state index is 15.3. The number of likely N-dealkylation sites (N-methyl/N-ethyl adjacent to an activating group) is 1. The maximum Gasteiger partial charge on any atom is 0.410 e. The van der Waals surface area contributed by atoms with E-state index < -0.39 is 43.6 Å².